The van der Waals surface area contributed by atoms with Gasteiger partial charge < -0.3 is 4.90 Å². The van der Waals surface area contributed by atoms with Crippen molar-refractivity contribution < 1.29 is 4.79 Å². The molecule has 1 aromatic carbocycles. The second-order valence-corrected chi connectivity index (χ2v) is 6.67. The minimum absolute atomic E-state index is 0.155. The number of hydrogen-bond donors (Lipinski definition) is 0. The zero-order valence-corrected chi connectivity index (χ0v) is 13.8. The summed E-state index contributed by atoms with van der Waals surface area (Å²) in [5, 5.41) is 3.90. The summed E-state index contributed by atoms with van der Waals surface area (Å²) in [6.07, 6.45) is 1.33. The Morgan fingerprint density at radius 2 is 2.14 bits per heavy atom. The molecule has 0 radical (unpaired) electrons. The van der Waals surface area contributed by atoms with E-state index in [-0.39, 0.29) is 11.5 Å². The molecule has 110 valence electrons. The number of rotatable bonds is 1. The monoisotopic (exact) mass is 376 g/mol. The number of anilines is 1. The summed E-state index contributed by atoms with van der Waals surface area (Å²) in [6.45, 7) is 2.46. The van der Waals surface area contributed by atoms with Crippen molar-refractivity contribution in [2.45, 2.75) is 6.92 Å². The number of likely N-dealkylation sites (N-methyl/N-ethyl adjacent to an activating group) is 1. The molecule has 1 amide bonds. The Labute approximate surface area is 136 Å². The maximum absolute atomic E-state index is 12.7. The SMILES string of the molecule is CCN1C(=O)/C(=c2\sc3ncnn3c2=O)c2cc(Br)ccc21. The number of amides is 1. The van der Waals surface area contributed by atoms with Crippen LogP contribution in [-0.4, -0.2) is 27.0 Å². The summed E-state index contributed by atoms with van der Waals surface area (Å²) in [4.78, 5) is 31.4. The highest BCUT2D eigenvalue weighted by atomic mass is 79.9. The van der Waals surface area contributed by atoms with Crippen molar-refractivity contribution in [2.24, 2.45) is 0 Å². The lowest BCUT2D eigenvalue weighted by atomic mass is 10.1. The van der Waals surface area contributed by atoms with Crippen LogP contribution in [0.25, 0.3) is 10.5 Å². The first-order valence-electron chi connectivity index (χ1n) is 6.60. The Kier molecular flexibility index (Phi) is 2.92. The van der Waals surface area contributed by atoms with E-state index >= 15 is 0 Å². The van der Waals surface area contributed by atoms with E-state index in [2.05, 4.69) is 26.0 Å². The number of carbonyl (C=O) groups is 1. The van der Waals surface area contributed by atoms with Crippen LogP contribution in [0.1, 0.15) is 12.5 Å². The van der Waals surface area contributed by atoms with Crippen LogP contribution in [0.3, 0.4) is 0 Å². The first kappa shape index (κ1) is 13.6. The van der Waals surface area contributed by atoms with Crippen molar-refractivity contribution in [2.75, 3.05) is 11.4 Å². The molecule has 1 aliphatic heterocycles. The lowest BCUT2D eigenvalue weighted by Crippen LogP contribution is -2.32. The van der Waals surface area contributed by atoms with Gasteiger partial charge in [-0.15, -0.1) is 0 Å². The van der Waals surface area contributed by atoms with Gasteiger partial charge in [0, 0.05) is 16.6 Å². The number of hydrogen-bond acceptors (Lipinski definition) is 5. The van der Waals surface area contributed by atoms with Crippen molar-refractivity contribution in [1.82, 2.24) is 14.6 Å². The van der Waals surface area contributed by atoms with Gasteiger partial charge in [-0.25, -0.2) is 4.98 Å². The summed E-state index contributed by atoms with van der Waals surface area (Å²) in [6, 6.07) is 5.64. The summed E-state index contributed by atoms with van der Waals surface area (Å²) in [7, 11) is 0. The van der Waals surface area contributed by atoms with Gasteiger partial charge in [-0.05, 0) is 25.1 Å². The molecule has 6 nitrogen and oxygen atoms in total. The molecule has 3 aromatic rings. The molecule has 0 atom stereocenters. The Morgan fingerprint density at radius 3 is 2.86 bits per heavy atom. The van der Waals surface area contributed by atoms with Gasteiger partial charge in [0.05, 0.1) is 11.3 Å². The third kappa shape index (κ3) is 1.71. The molecule has 0 fully saturated rings. The topological polar surface area (TPSA) is 67.6 Å². The third-order valence-corrected chi connectivity index (χ3v) is 5.15. The minimum atomic E-state index is -0.301. The van der Waals surface area contributed by atoms with Gasteiger partial charge in [0.2, 0.25) is 4.96 Å². The number of nitrogens with zero attached hydrogens (tertiary/aromatic N) is 4. The molecule has 1 aliphatic rings. The van der Waals surface area contributed by atoms with E-state index in [1.807, 2.05) is 25.1 Å². The first-order valence-corrected chi connectivity index (χ1v) is 8.21. The summed E-state index contributed by atoms with van der Waals surface area (Å²) < 4.78 is 2.48. The summed E-state index contributed by atoms with van der Waals surface area (Å²) in [5.41, 5.74) is 1.72. The van der Waals surface area contributed by atoms with Crippen LogP contribution in [0.15, 0.2) is 33.8 Å². The number of fused-ring (bicyclic) bond motifs is 2. The number of halogens is 1. The highest BCUT2D eigenvalue weighted by Crippen LogP contribution is 2.36. The van der Waals surface area contributed by atoms with Gasteiger partial charge in [-0.2, -0.15) is 9.61 Å². The largest absolute Gasteiger partial charge is 0.308 e. The smallest absolute Gasteiger partial charge is 0.291 e. The van der Waals surface area contributed by atoms with Crippen LogP contribution in [0.4, 0.5) is 5.69 Å². The first-order chi connectivity index (χ1) is 10.6. The van der Waals surface area contributed by atoms with E-state index in [9.17, 15) is 9.59 Å². The van der Waals surface area contributed by atoms with E-state index in [1.54, 1.807) is 4.90 Å². The molecule has 0 saturated carbocycles. The van der Waals surface area contributed by atoms with Gasteiger partial charge in [-0.3, -0.25) is 9.59 Å². The van der Waals surface area contributed by atoms with E-state index in [4.69, 9.17) is 0 Å². The molecule has 22 heavy (non-hydrogen) atoms. The maximum Gasteiger partial charge on any atom is 0.291 e. The Bertz CT molecular complexity index is 1040. The fourth-order valence-corrected chi connectivity index (χ4v) is 4.00. The van der Waals surface area contributed by atoms with E-state index in [0.29, 0.717) is 21.6 Å². The van der Waals surface area contributed by atoms with Crippen molar-refractivity contribution >= 4 is 49.4 Å². The third-order valence-electron chi connectivity index (χ3n) is 3.62. The van der Waals surface area contributed by atoms with Crippen molar-refractivity contribution in [1.29, 1.82) is 0 Å². The highest BCUT2D eigenvalue weighted by Gasteiger charge is 2.33. The number of benzene rings is 1. The quantitative estimate of drug-likeness (QED) is 0.639. The fraction of sp³-hybridized carbons (Fsp3) is 0.143. The van der Waals surface area contributed by atoms with Gasteiger partial charge in [0.15, 0.2) is 0 Å². The van der Waals surface area contributed by atoms with Gasteiger partial charge in [0.25, 0.3) is 11.5 Å². The molecule has 2 aromatic heterocycles. The van der Waals surface area contributed by atoms with Crippen LogP contribution in [0, 0.1) is 0 Å². The summed E-state index contributed by atoms with van der Waals surface area (Å²) in [5.74, 6) is -0.155. The molecule has 0 aliphatic carbocycles. The number of carbonyl (C=O) groups excluding carboxylic acids is 1. The second-order valence-electron chi connectivity index (χ2n) is 4.78. The van der Waals surface area contributed by atoms with E-state index < -0.39 is 0 Å². The van der Waals surface area contributed by atoms with Gasteiger partial charge >= 0.3 is 0 Å². The Balaban J connectivity index is 2.15. The Morgan fingerprint density at radius 1 is 1.32 bits per heavy atom. The molecule has 0 N–H and O–H groups in total. The molecule has 8 heteroatoms. The predicted octanol–water partition coefficient (Wildman–Crippen LogP) is 1.20. The van der Waals surface area contributed by atoms with Crippen LogP contribution >= 0.6 is 27.3 Å². The van der Waals surface area contributed by atoms with E-state index in [0.717, 1.165) is 15.7 Å². The molecule has 0 spiro atoms. The molecule has 3 heterocycles. The zero-order valence-electron chi connectivity index (χ0n) is 11.4. The standard InChI is InChI=1S/C14H9BrN4O2S/c1-2-18-9-4-3-7(15)5-8(9)10(12(18)20)11-13(21)19-14(22-11)16-6-17-19/h3-6H,2H2,1H3/b11-10-. The van der Waals surface area contributed by atoms with Crippen molar-refractivity contribution in [3.8, 4) is 0 Å². The average Bonchev–Trinajstić information content (AvgIpc) is 3.13. The normalized spacial score (nSPS) is 16.6. The molecule has 0 bridgehead atoms. The van der Waals surface area contributed by atoms with Gasteiger partial charge in [-0.1, -0.05) is 27.3 Å². The predicted molar refractivity (Wildman–Crippen MR) is 87.0 cm³/mol. The highest BCUT2D eigenvalue weighted by molar-refractivity contribution is 9.10. The summed E-state index contributed by atoms with van der Waals surface area (Å²) >= 11 is 4.62. The lowest BCUT2D eigenvalue weighted by Gasteiger charge is -2.13. The van der Waals surface area contributed by atoms with Crippen LogP contribution in [0.5, 0.6) is 0 Å². The fourth-order valence-electron chi connectivity index (χ4n) is 2.67. The Hall–Kier alpha value is -2.06. The van der Waals surface area contributed by atoms with E-state index in [1.165, 1.54) is 22.2 Å². The molecular weight excluding hydrogens is 368 g/mol. The van der Waals surface area contributed by atoms with Crippen LogP contribution < -0.4 is 15.0 Å². The maximum atomic E-state index is 12.7. The zero-order chi connectivity index (χ0) is 15.4. The second kappa shape index (κ2) is 4.72. The number of aromatic nitrogens is 3. The molecule has 4 rings (SSSR count). The minimum Gasteiger partial charge on any atom is -0.308 e. The van der Waals surface area contributed by atoms with Crippen LogP contribution in [0.2, 0.25) is 0 Å². The van der Waals surface area contributed by atoms with Crippen molar-refractivity contribution in [3.63, 3.8) is 0 Å². The van der Waals surface area contributed by atoms with Gasteiger partial charge in [0.1, 0.15) is 10.9 Å². The lowest BCUT2D eigenvalue weighted by molar-refractivity contribution is -0.113. The van der Waals surface area contributed by atoms with Crippen LogP contribution in [-0.2, 0) is 4.79 Å². The molecule has 0 saturated heterocycles. The molecule has 0 unspecified atom stereocenters. The molecular formula is C14H9BrN4O2S. The number of thiazole rings is 1. The average molecular weight is 377 g/mol. The van der Waals surface area contributed by atoms with Crippen molar-refractivity contribution in [3.05, 3.63) is 49.4 Å².